The lowest BCUT2D eigenvalue weighted by molar-refractivity contribution is 0.00437. The van der Waals surface area contributed by atoms with Gasteiger partial charge < -0.3 is 5.11 Å². The number of halogens is 1. The van der Waals surface area contributed by atoms with Crippen LogP contribution in [0.5, 0.6) is 0 Å². The highest BCUT2D eigenvalue weighted by Crippen LogP contribution is 2.31. The summed E-state index contributed by atoms with van der Waals surface area (Å²) in [5.41, 5.74) is 0. The molecule has 0 amide bonds. The summed E-state index contributed by atoms with van der Waals surface area (Å²) in [5, 5.41) is 9.09. The second kappa shape index (κ2) is 2.87. The average Bonchev–Trinajstić information content (AvgIpc) is 1.84. The highest BCUT2D eigenvalue weighted by Gasteiger charge is 2.31. The lowest BCUT2D eigenvalue weighted by Crippen LogP contribution is -2.34. The summed E-state index contributed by atoms with van der Waals surface area (Å²) in [5.74, 6) is 0.903. The van der Waals surface area contributed by atoms with Gasteiger partial charge in [0.2, 0.25) is 0 Å². The fraction of sp³-hybridized carbons (Fsp3) is 1.00. The van der Waals surface area contributed by atoms with Gasteiger partial charge in [-0.15, -0.1) is 0 Å². The molecular weight excluding hydrogens is 131 g/mol. The molecule has 1 aliphatic rings. The Balaban J connectivity index is 2.46. The monoisotopic (exact) mass is 146 g/mol. The van der Waals surface area contributed by atoms with Crippen molar-refractivity contribution in [2.45, 2.75) is 39.0 Å². The van der Waals surface area contributed by atoms with Gasteiger partial charge in [-0.1, -0.05) is 13.8 Å². The molecule has 1 rings (SSSR count). The van der Waals surface area contributed by atoms with Crippen LogP contribution in [0.4, 0.5) is 4.39 Å². The van der Waals surface area contributed by atoms with E-state index in [0.29, 0.717) is 24.7 Å². The van der Waals surface area contributed by atoms with Crippen molar-refractivity contribution in [1.82, 2.24) is 0 Å². The highest BCUT2D eigenvalue weighted by molar-refractivity contribution is 4.81. The van der Waals surface area contributed by atoms with Crippen molar-refractivity contribution >= 4 is 0 Å². The molecule has 1 nitrogen and oxygen atoms in total. The molecule has 0 heterocycles. The molecule has 1 fully saturated rings. The molecule has 1 N–H and O–H groups in total. The van der Waals surface area contributed by atoms with Gasteiger partial charge in [-0.2, -0.15) is 0 Å². The van der Waals surface area contributed by atoms with Crippen molar-refractivity contribution < 1.29 is 9.50 Å². The van der Waals surface area contributed by atoms with Gasteiger partial charge in [0, 0.05) is 0 Å². The van der Waals surface area contributed by atoms with Crippen LogP contribution in [0.1, 0.15) is 26.7 Å². The number of aliphatic hydroxyl groups is 1. The van der Waals surface area contributed by atoms with E-state index < -0.39 is 12.3 Å². The maximum Gasteiger partial charge on any atom is 0.126 e. The fourth-order valence-electron chi connectivity index (χ4n) is 1.51. The number of hydrogen-bond donors (Lipinski definition) is 1. The van der Waals surface area contributed by atoms with E-state index in [1.807, 2.05) is 6.92 Å². The molecule has 0 radical (unpaired) electrons. The first-order valence-corrected chi connectivity index (χ1v) is 3.93. The lowest BCUT2D eigenvalue weighted by atomic mass is 9.79. The standard InChI is InChI=1S/C8H15FO/c1-5-3-7(9)8(10)4-6(5)2/h5-8,10H,3-4H2,1-2H3. The molecule has 0 bridgehead atoms. The smallest absolute Gasteiger partial charge is 0.126 e. The van der Waals surface area contributed by atoms with Crippen LogP contribution in [0.25, 0.3) is 0 Å². The average molecular weight is 146 g/mol. The predicted molar refractivity (Wildman–Crippen MR) is 38.5 cm³/mol. The minimum absolute atomic E-state index is 0.429. The van der Waals surface area contributed by atoms with E-state index in [2.05, 4.69) is 6.92 Å². The van der Waals surface area contributed by atoms with E-state index in [0.717, 1.165) is 0 Å². The van der Waals surface area contributed by atoms with Gasteiger partial charge >= 0.3 is 0 Å². The number of hydrogen-bond acceptors (Lipinski definition) is 1. The Labute approximate surface area is 61.2 Å². The van der Waals surface area contributed by atoms with E-state index in [1.54, 1.807) is 0 Å². The van der Waals surface area contributed by atoms with E-state index in [1.165, 1.54) is 0 Å². The van der Waals surface area contributed by atoms with Crippen molar-refractivity contribution in [2.24, 2.45) is 11.8 Å². The molecule has 2 heteroatoms. The molecule has 4 atom stereocenters. The van der Waals surface area contributed by atoms with E-state index in [-0.39, 0.29) is 0 Å². The van der Waals surface area contributed by atoms with Gasteiger partial charge in [-0.3, -0.25) is 0 Å². The summed E-state index contributed by atoms with van der Waals surface area (Å²) in [6.07, 6.45) is -0.526. The summed E-state index contributed by atoms with van der Waals surface area (Å²) in [7, 11) is 0. The maximum absolute atomic E-state index is 12.8. The summed E-state index contributed by atoms with van der Waals surface area (Å²) in [6.45, 7) is 4.11. The Bertz CT molecular complexity index is 89.8. The second-order valence-electron chi connectivity index (χ2n) is 3.51. The van der Waals surface area contributed by atoms with Gasteiger partial charge in [-0.05, 0) is 24.7 Å². The molecule has 0 aliphatic heterocycles. The normalized spacial score (nSPS) is 49.2. The minimum atomic E-state index is -0.980. The van der Waals surface area contributed by atoms with Crippen LogP contribution < -0.4 is 0 Å². The molecule has 0 saturated heterocycles. The molecule has 1 aliphatic carbocycles. The Hall–Kier alpha value is -0.110. The van der Waals surface area contributed by atoms with Gasteiger partial charge in [0.05, 0.1) is 6.10 Å². The number of alkyl halides is 1. The van der Waals surface area contributed by atoms with Crippen LogP contribution in [-0.2, 0) is 0 Å². The van der Waals surface area contributed by atoms with Crippen LogP contribution in [0.15, 0.2) is 0 Å². The van der Waals surface area contributed by atoms with E-state index in [4.69, 9.17) is 5.11 Å². The lowest BCUT2D eigenvalue weighted by Gasteiger charge is -2.31. The zero-order valence-corrected chi connectivity index (χ0v) is 6.55. The van der Waals surface area contributed by atoms with Gasteiger partial charge in [0.15, 0.2) is 0 Å². The first kappa shape index (κ1) is 7.99. The molecule has 60 valence electrons. The van der Waals surface area contributed by atoms with Gasteiger partial charge in [0.25, 0.3) is 0 Å². The Kier molecular flexibility index (Phi) is 2.29. The molecule has 0 aromatic heterocycles. The van der Waals surface area contributed by atoms with E-state index >= 15 is 0 Å². The van der Waals surface area contributed by atoms with Crippen molar-refractivity contribution in [3.63, 3.8) is 0 Å². The zero-order valence-electron chi connectivity index (χ0n) is 6.55. The third kappa shape index (κ3) is 1.48. The molecule has 1 saturated carbocycles. The Morgan fingerprint density at radius 1 is 1.20 bits per heavy atom. The summed E-state index contributed by atoms with van der Waals surface area (Å²) >= 11 is 0. The predicted octanol–water partition coefficient (Wildman–Crippen LogP) is 1.75. The van der Waals surface area contributed by atoms with E-state index in [9.17, 15) is 4.39 Å². The quantitative estimate of drug-likeness (QED) is 0.552. The first-order chi connectivity index (χ1) is 4.61. The summed E-state index contributed by atoms with van der Waals surface area (Å²) < 4.78 is 12.8. The molecule has 0 aromatic carbocycles. The second-order valence-corrected chi connectivity index (χ2v) is 3.51. The largest absolute Gasteiger partial charge is 0.390 e. The molecule has 0 spiro atoms. The van der Waals surface area contributed by atoms with Crippen LogP contribution in [0, 0.1) is 11.8 Å². The molecular formula is C8H15FO. The SMILES string of the molecule is CC1CC(O)C(F)CC1C. The third-order valence-electron chi connectivity index (χ3n) is 2.60. The van der Waals surface area contributed by atoms with Crippen LogP contribution >= 0.6 is 0 Å². The summed E-state index contributed by atoms with van der Waals surface area (Å²) in [4.78, 5) is 0. The topological polar surface area (TPSA) is 20.2 Å². The third-order valence-corrected chi connectivity index (χ3v) is 2.60. The van der Waals surface area contributed by atoms with Gasteiger partial charge in [-0.25, -0.2) is 4.39 Å². The minimum Gasteiger partial charge on any atom is -0.390 e. The van der Waals surface area contributed by atoms with Crippen molar-refractivity contribution in [1.29, 1.82) is 0 Å². The van der Waals surface area contributed by atoms with Crippen molar-refractivity contribution in [3.05, 3.63) is 0 Å². The maximum atomic E-state index is 12.8. The van der Waals surface area contributed by atoms with Crippen LogP contribution in [0.2, 0.25) is 0 Å². The number of aliphatic hydroxyl groups excluding tert-OH is 1. The zero-order chi connectivity index (χ0) is 7.72. The van der Waals surface area contributed by atoms with Crippen LogP contribution in [0.3, 0.4) is 0 Å². The van der Waals surface area contributed by atoms with Crippen LogP contribution in [-0.4, -0.2) is 17.4 Å². The molecule has 10 heavy (non-hydrogen) atoms. The molecule has 4 unspecified atom stereocenters. The van der Waals surface area contributed by atoms with Gasteiger partial charge in [0.1, 0.15) is 6.17 Å². The highest BCUT2D eigenvalue weighted by atomic mass is 19.1. The fourth-order valence-corrected chi connectivity index (χ4v) is 1.51. The molecule has 0 aromatic rings. The van der Waals surface area contributed by atoms with Crippen molar-refractivity contribution in [2.75, 3.05) is 0 Å². The number of rotatable bonds is 0. The Morgan fingerprint density at radius 2 is 1.70 bits per heavy atom. The first-order valence-electron chi connectivity index (χ1n) is 3.93. The summed E-state index contributed by atoms with van der Waals surface area (Å²) in [6, 6.07) is 0. The Morgan fingerprint density at radius 3 is 2.20 bits per heavy atom. The van der Waals surface area contributed by atoms with Crippen molar-refractivity contribution in [3.8, 4) is 0 Å².